The molecule has 1 aliphatic heterocycles. The largest absolute Gasteiger partial charge is 0.372 e. The van der Waals surface area contributed by atoms with Crippen molar-refractivity contribution < 1.29 is 9.59 Å². The number of hydrogen-bond acceptors (Lipinski definition) is 4. The summed E-state index contributed by atoms with van der Waals surface area (Å²) in [6.45, 7) is 4.46. The van der Waals surface area contributed by atoms with Crippen molar-refractivity contribution in [1.82, 2.24) is 10.3 Å². The highest BCUT2D eigenvalue weighted by molar-refractivity contribution is 6.05. The maximum Gasteiger partial charge on any atom is 0.257 e. The number of carbonyl (C=O) groups is 2. The summed E-state index contributed by atoms with van der Waals surface area (Å²) in [4.78, 5) is 31.1. The Morgan fingerprint density at radius 3 is 2.25 bits per heavy atom. The Kier molecular flexibility index (Phi) is 5.28. The molecule has 6 nitrogen and oxygen atoms in total. The summed E-state index contributed by atoms with van der Waals surface area (Å²) in [5.74, 6) is 0.350. The van der Waals surface area contributed by atoms with Crippen LogP contribution in [0, 0.1) is 5.92 Å². The van der Waals surface area contributed by atoms with E-state index < -0.39 is 0 Å². The van der Waals surface area contributed by atoms with Crippen LogP contribution in [-0.4, -0.2) is 35.9 Å². The van der Waals surface area contributed by atoms with Crippen molar-refractivity contribution in [3.8, 4) is 0 Å². The Hall–Kier alpha value is -2.89. The summed E-state index contributed by atoms with van der Waals surface area (Å²) < 4.78 is 0. The zero-order valence-electron chi connectivity index (χ0n) is 16.1. The number of benzene rings is 1. The fourth-order valence-corrected chi connectivity index (χ4v) is 3.41. The normalized spacial score (nSPS) is 17.2. The second-order valence-electron chi connectivity index (χ2n) is 7.88. The highest BCUT2D eigenvalue weighted by atomic mass is 16.2. The van der Waals surface area contributed by atoms with Gasteiger partial charge in [0.2, 0.25) is 0 Å². The van der Waals surface area contributed by atoms with Gasteiger partial charge in [-0.05, 0) is 61.9 Å². The molecule has 1 aromatic heterocycles. The van der Waals surface area contributed by atoms with Gasteiger partial charge in [-0.3, -0.25) is 14.6 Å². The lowest BCUT2D eigenvalue weighted by molar-refractivity contribution is 0.0950. The number of rotatable bonds is 5. The van der Waals surface area contributed by atoms with E-state index >= 15 is 0 Å². The molecule has 0 atom stereocenters. The number of nitrogens with one attached hydrogen (secondary N) is 2. The summed E-state index contributed by atoms with van der Waals surface area (Å²) in [5.41, 5.74) is 2.70. The van der Waals surface area contributed by atoms with Crippen LogP contribution in [0.4, 0.5) is 11.4 Å². The molecular weight excluding hydrogens is 352 g/mol. The predicted molar refractivity (Wildman–Crippen MR) is 110 cm³/mol. The summed E-state index contributed by atoms with van der Waals surface area (Å²) in [6, 6.07) is 9.78. The molecule has 1 saturated heterocycles. The zero-order valence-corrected chi connectivity index (χ0v) is 16.1. The van der Waals surface area contributed by atoms with E-state index in [1.165, 1.54) is 30.9 Å². The van der Waals surface area contributed by atoms with Crippen LogP contribution in [-0.2, 0) is 0 Å². The summed E-state index contributed by atoms with van der Waals surface area (Å²) in [5, 5.41) is 5.80. The predicted octanol–water partition coefficient (Wildman–Crippen LogP) is 3.46. The molecule has 0 spiro atoms. The number of carbonyl (C=O) groups excluding carboxylic acids is 2. The molecule has 1 aliphatic carbocycles. The Labute approximate surface area is 165 Å². The monoisotopic (exact) mass is 378 g/mol. The van der Waals surface area contributed by atoms with E-state index in [2.05, 4.69) is 27.4 Å². The molecule has 2 aromatic rings. The molecule has 6 heteroatoms. The first-order valence-corrected chi connectivity index (χ1v) is 10.0. The van der Waals surface area contributed by atoms with Gasteiger partial charge in [-0.15, -0.1) is 0 Å². The van der Waals surface area contributed by atoms with Crippen molar-refractivity contribution in [2.24, 2.45) is 5.92 Å². The second kappa shape index (κ2) is 8.00. The summed E-state index contributed by atoms with van der Waals surface area (Å²) >= 11 is 0. The third kappa shape index (κ3) is 4.50. The lowest BCUT2D eigenvalue weighted by Crippen LogP contribution is -2.32. The van der Waals surface area contributed by atoms with E-state index in [9.17, 15) is 9.59 Å². The van der Waals surface area contributed by atoms with Crippen LogP contribution in [0.2, 0.25) is 0 Å². The van der Waals surface area contributed by atoms with Crippen molar-refractivity contribution >= 4 is 23.2 Å². The van der Waals surface area contributed by atoms with Crippen LogP contribution in [0.1, 0.15) is 53.3 Å². The average Bonchev–Trinajstić information content (AvgIpc) is 3.53. The van der Waals surface area contributed by atoms with Gasteiger partial charge in [0.05, 0.1) is 11.1 Å². The van der Waals surface area contributed by atoms with Crippen LogP contribution in [0.25, 0.3) is 0 Å². The lowest BCUT2D eigenvalue weighted by atomic mass is 9.99. The van der Waals surface area contributed by atoms with Crippen LogP contribution in [0.5, 0.6) is 0 Å². The molecule has 1 saturated carbocycles. The van der Waals surface area contributed by atoms with Gasteiger partial charge < -0.3 is 15.5 Å². The number of hydrogen-bond donors (Lipinski definition) is 2. The fraction of sp³-hybridized carbons (Fsp3) is 0.409. The van der Waals surface area contributed by atoms with Crippen LogP contribution < -0.4 is 15.5 Å². The van der Waals surface area contributed by atoms with Gasteiger partial charge in [-0.1, -0.05) is 6.92 Å². The van der Waals surface area contributed by atoms with Gasteiger partial charge in [0.25, 0.3) is 11.8 Å². The quantitative estimate of drug-likeness (QED) is 0.836. The van der Waals surface area contributed by atoms with Crippen LogP contribution in [0.15, 0.2) is 42.7 Å². The Balaban J connectivity index is 1.38. The molecule has 2 amide bonds. The van der Waals surface area contributed by atoms with Crippen LogP contribution in [0.3, 0.4) is 0 Å². The van der Waals surface area contributed by atoms with E-state index in [0.29, 0.717) is 11.1 Å². The van der Waals surface area contributed by atoms with E-state index in [4.69, 9.17) is 0 Å². The lowest BCUT2D eigenvalue weighted by Gasteiger charge is -2.32. The Morgan fingerprint density at radius 1 is 0.964 bits per heavy atom. The topological polar surface area (TPSA) is 74.3 Å². The highest BCUT2D eigenvalue weighted by Crippen LogP contribution is 2.24. The third-order valence-corrected chi connectivity index (χ3v) is 5.45. The fourth-order valence-electron chi connectivity index (χ4n) is 3.41. The molecule has 2 heterocycles. The summed E-state index contributed by atoms with van der Waals surface area (Å²) in [6.07, 6.45) is 7.44. The number of aromatic nitrogens is 1. The number of piperidine rings is 1. The first-order chi connectivity index (χ1) is 13.6. The second-order valence-corrected chi connectivity index (χ2v) is 7.88. The third-order valence-electron chi connectivity index (χ3n) is 5.45. The zero-order chi connectivity index (χ0) is 19.5. The van der Waals surface area contributed by atoms with Crippen molar-refractivity contribution in [3.63, 3.8) is 0 Å². The minimum Gasteiger partial charge on any atom is -0.372 e. The number of nitrogens with zero attached hydrogens (tertiary/aromatic N) is 2. The molecule has 1 aromatic carbocycles. The first-order valence-electron chi connectivity index (χ1n) is 10.0. The molecule has 28 heavy (non-hydrogen) atoms. The van der Waals surface area contributed by atoms with Crippen LogP contribution >= 0.6 is 0 Å². The van der Waals surface area contributed by atoms with Gasteiger partial charge in [0.1, 0.15) is 0 Å². The van der Waals surface area contributed by atoms with E-state index in [1.807, 2.05) is 24.3 Å². The van der Waals surface area contributed by atoms with E-state index in [-0.39, 0.29) is 17.9 Å². The van der Waals surface area contributed by atoms with Crippen molar-refractivity contribution in [2.45, 2.75) is 38.6 Å². The number of anilines is 2. The standard InChI is InChI=1S/C22H26N4O2/c1-15-8-10-26(11-9-15)20-6-4-19(5-7-20)25-22(28)17-12-16(13-23-14-17)21(27)24-18-2-3-18/h4-7,12-15,18H,2-3,8-11H2,1H3,(H,24,27)(H,25,28). The minimum absolute atomic E-state index is 0.176. The van der Waals surface area contributed by atoms with Gasteiger partial charge in [-0.2, -0.15) is 0 Å². The van der Waals surface area contributed by atoms with Gasteiger partial charge in [-0.25, -0.2) is 0 Å². The van der Waals surface area contributed by atoms with Gasteiger partial charge in [0, 0.05) is 42.9 Å². The SMILES string of the molecule is CC1CCN(c2ccc(NC(=O)c3cncc(C(=O)NC4CC4)c3)cc2)CC1. The minimum atomic E-state index is -0.270. The Bertz CT molecular complexity index is 853. The molecule has 0 unspecified atom stereocenters. The van der Waals surface area contributed by atoms with Gasteiger partial charge in [0.15, 0.2) is 0 Å². The maximum atomic E-state index is 12.6. The van der Waals surface area contributed by atoms with E-state index in [0.717, 1.165) is 37.5 Å². The smallest absolute Gasteiger partial charge is 0.257 e. The molecule has 2 aliphatic rings. The van der Waals surface area contributed by atoms with Crippen molar-refractivity contribution in [2.75, 3.05) is 23.3 Å². The molecule has 146 valence electrons. The molecular formula is C22H26N4O2. The average molecular weight is 378 g/mol. The van der Waals surface area contributed by atoms with Crippen molar-refractivity contribution in [3.05, 3.63) is 53.9 Å². The molecule has 0 bridgehead atoms. The number of amides is 2. The Morgan fingerprint density at radius 2 is 1.61 bits per heavy atom. The van der Waals surface area contributed by atoms with Crippen molar-refractivity contribution in [1.29, 1.82) is 0 Å². The molecule has 2 N–H and O–H groups in total. The molecule has 4 rings (SSSR count). The first kappa shape index (κ1) is 18.5. The van der Waals surface area contributed by atoms with E-state index in [1.54, 1.807) is 6.07 Å². The maximum absolute atomic E-state index is 12.6. The number of pyridine rings is 1. The molecule has 0 radical (unpaired) electrons. The van der Waals surface area contributed by atoms with Gasteiger partial charge >= 0.3 is 0 Å². The molecule has 2 fully saturated rings. The highest BCUT2D eigenvalue weighted by Gasteiger charge is 2.24. The summed E-state index contributed by atoms with van der Waals surface area (Å²) in [7, 11) is 0.